The zero-order chi connectivity index (χ0) is 21.0. The second-order valence-corrected chi connectivity index (χ2v) is 7.28. The van der Waals surface area contributed by atoms with Crippen LogP contribution in [0, 0.1) is 5.92 Å². The third-order valence-electron chi connectivity index (χ3n) is 5.04. The summed E-state index contributed by atoms with van der Waals surface area (Å²) in [7, 11) is 1.82. The van der Waals surface area contributed by atoms with Crippen molar-refractivity contribution in [3.8, 4) is 5.75 Å². The number of rotatable bonds is 9. The summed E-state index contributed by atoms with van der Waals surface area (Å²) >= 11 is 0. The molecule has 2 aliphatic rings. The molecular weight excluding hydrogens is 386 g/mol. The van der Waals surface area contributed by atoms with Gasteiger partial charge in [0, 0.05) is 31.4 Å². The number of nitrogens with one attached hydrogen (secondary N) is 1. The first-order valence-electron chi connectivity index (χ1n) is 9.57. The lowest BCUT2D eigenvalue weighted by atomic mass is 10.2. The molecule has 1 aliphatic heterocycles. The summed E-state index contributed by atoms with van der Waals surface area (Å²) in [5.74, 6) is -0.318. The molecule has 1 saturated carbocycles. The number of ether oxygens (including phenoxy) is 2. The van der Waals surface area contributed by atoms with Gasteiger partial charge in [0.2, 0.25) is 5.91 Å². The zero-order valence-electron chi connectivity index (χ0n) is 16.3. The minimum atomic E-state index is -3.08. The van der Waals surface area contributed by atoms with Gasteiger partial charge in [-0.15, -0.1) is 0 Å². The first-order chi connectivity index (χ1) is 13.9. The number of carbonyl (C=O) groups excluding carboxylic acids is 2. The van der Waals surface area contributed by atoms with E-state index in [2.05, 4.69) is 10.1 Å². The third kappa shape index (κ3) is 5.62. The molecule has 0 spiro atoms. The van der Waals surface area contributed by atoms with Crippen LogP contribution in [0.5, 0.6) is 5.75 Å². The lowest BCUT2D eigenvalue weighted by Gasteiger charge is -2.28. The van der Waals surface area contributed by atoms with E-state index in [1.807, 2.05) is 11.9 Å². The van der Waals surface area contributed by atoms with Gasteiger partial charge >= 0.3 is 6.61 Å². The summed E-state index contributed by atoms with van der Waals surface area (Å²) in [6, 6.07) is 3.75. The van der Waals surface area contributed by atoms with Crippen molar-refractivity contribution in [2.24, 2.45) is 11.7 Å². The highest BCUT2D eigenvalue weighted by molar-refractivity contribution is 5.98. The molecule has 2 amide bonds. The first kappa shape index (κ1) is 21.4. The van der Waals surface area contributed by atoms with Gasteiger partial charge in [-0.2, -0.15) is 8.78 Å². The Morgan fingerprint density at radius 3 is 2.83 bits per heavy atom. The standard InChI is InChI=1S/C19H26F2N4O4/c1-24(10-12-2-3-12)15(9-22)18(27)23-14-5-4-13(8-16(14)29-19(20)21)25-6-7-28-11-17(25)26/h4-5,8,12,15,19H,2-3,6-7,9-11,22H2,1H3,(H,23,27)/t15-/m0/s1. The third-order valence-corrected chi connectivity index (χ3v) is 5.04. The summed E-state index contributed by atoms with van der Waals surface area (Å²) in [4.78, 5) is 28.0. The minimum absolute atomic E-state index is 0.0744. The summed E-state index contributed by atoms with van der Waals surface area (Å²) in [6.45, 7) is -1.65. The quantitative estimate of drug-likeness (QED) is 0.634. The number of benzene rings is 1. The van der Waals surface area contributed by atoms with Crippen molar-refractivity contribution < 1.29 is 27.8 Å². The lowest BCUT2D eigenvalue weighted by molar-refractivity contribution is -0.125. The van der Waals surface area contributed by atoms with Crippen LogP contribution in [0.1, 0.15) is 12.8 Å². The minimum Gasteiger partial charge on any atom is -0.433 e. The fourth-order valence-electron chi connectivity index (χ4n) is 3.30. The molecule has 0 unspecified atom stereocenters. The molecule has 0 radical (unpaired) electrons. The SMILES string of the molecule is CN(CC1CC1)[C@@H](CN)C(=O)Nc1ccc(N2CCOCC2=O)cc1OC(F)F. The molecule has 8 nitrogen and oxygen atoms in total. The lowest BCUT2D eigenvalue weighted by Crippen LogP contribution is -2.47. The molecule has 0 bridgehead atoms. The molecule has 2 fully saturated rings. The van der Waals surface area contributed by atoms with Gasteiger partial charge in [0.1, 0.15) is 12.6 Å². The predicted molar refractivity (Wildman–Crippen MR) is 103 cm³/mol. The van der Waals surface area contributed by atoms with Crippen molar-refractivity contribution in [3.63, 3.8) is 0 Å². The molecule has 0 aromatic heterocycles. The van der Waals surface area contributed by atoms with E-state index in [0.717, 1.165) is 19.4 Å². The Hall–Kier alpha value is -2.30. The number of alkyl halides is 2. The van der Waals surface area contributed by atoms with Crippen LogP contribution in [-0.4, -0.2) is 69.3 Å². The number of likely N-dealkylation sites (N-methyl/N-ethyl adjacent to an activating group) is 1. The fourth-order valence-corrected chi connectivity index (χ4v) is 3.30. The molecule has 160 valence electrons. The second-order valence-electron chi connectivity index (χ2n) is 7.28. The van der Waals surface area contributed by atoms with E-state index >= 15 is 0 Å². The van der Waals surface area contributed by atoms with E-state index in [1.165, 1.54) is 17.0 Å². The average molecular weight is 412 g/mol. The van der Waals surface area contributed by atoms with Crippen LogP contribution in [0.25, 0.3) is 0 Å². The first-order valence-corrected chi connectivity index (χ1v) is 9.57. The molecule has 1 heterocycles. The van der Waals surface area contributed by atoms with Gasteiger partial charge in [-0.3, -0.25) is 14.5 Å². The number of morpholine rings is 1. The number of amides is 2. The predicted octanol–water partition coefficient (Wildman–Crippen LogP) is 1.26. The Kier molecular flexibility index (Phi) is 6.99. The number of hydrogen-bond acceptors (Lipinski definition) is 6. The summed E-state index contributed by atoms with van der Waals surface area (Å²) in [6.07, 6.45) is 2.27. The molecule has 1 saturated heterocycles. The largest absolute Gasteiger partial charge is 0.433 e. The van der Waals surface area contributed by atoms with Crippen LogP contribution in [0.2, 0.25) is 0 Å². The highest BCUT2D eigenvalue weighted by atomic mass is 19.3. The maximum atomic E-state index is 12.9. The summed E-state index contributed by atoms with van der Waals surface area (Å²) < 4.78 is 35.5. The van der Waals surface area contributed by atoms with Crippen molar-refractivity contribution in [1.29, 1.82) is 0 Å². The van der Waals surface area contributed by atoms with Gasteiger partial charge in [0.25, 0.3) is 5.91 Å². The average Bonchev–Trinajstić information content (AvgIpc) is 3.47. The van der Waals surface area contributed by atoms with Gasteiger partial charge in [0.05, 0.1) is 12.3 Å². The second kappa shape index (κ2) is 9.47. The van der Waals surface area contributed by atoms with Crippen molar-refractivity contribution in [3.05, 3.63) is 18.2 Å². The molecule has 1 aromatic rings. The van der Waals surface area contributed by atoms with Crippen molar-refractivity contribution in [2.75, 3.05) is 50.1 Å². The number of nitrogens with zero attached hydrogens (tertiary/aromatic N) is 2. The molecule has 1 atom stereocenters. The Morgan fingerprint density at radius 2 is 2.21 bits per heavy atom. The highest BCUT2D eigenvalue weighted by Gasteiger charge is 2.29. The van der Waals surface area contributed by atoms with Gasteiger partial charge in [-0.1, -0.05) is 0 Å². The molecular formula is C19H26F2N4O4. The molecule has 3 rings (SSSR count). The Morgan fingerprint density at radius 1 is 1.45 bits per heavy atom. The molecule has 1 aliphatic carbocycles. The van der Waals surface area contributed by atoms with Crippen LogP contribution >= 0.6 is 0 Å². The molecule has 10 heteroatoms. The van der Waals surface area contributed by atoms with E-state index in [1.54, 1.807) is 6.07 Å². The Bertz CT molecular complexity index is 745. The molecule has 29 heavy (non-hydrogen) atoms. The van der Waals surface area contributed by atoms with E-state index in [4.69, 9.17) is 10.5 Å². The molecule has 1 aromatic carbocycles. The fraction of sp³-hybridized carbons (Fsp3) is 0.579. The van der Waals surface area contributed by atoms with Crippen LogP contribution < -0.4 is 20.7 Å². The highest BCUT2D eigenvalue weighted by Crippen LogP contribution is 2.33. The maximum absolute atomic E-state index is 12.9. The van der Waals surface area contributed by atoms with Crippen LogP contribution in [0.4, 0.5) is 20.2 Å². The van der Waals surface area contributed by atoms with Crippen molar-refractivity contribution >= 4 is 23.2 Å². The van der Waals surface area contributed by atoms with Gasteiger partial charge in [-0.25, -0.2) is 0 Å². The van der Waals surface area contributed by atoms with Gasteiger partial charge in [-0.05, 0) is 37.9 Å². The van der Waals surface area contributed by atoms with Crippen LogP contribution in [0.3, 0.4) is 0 Å². The van der Waals surface area contributed by atoms with Gasteiger partial charge < -0.3 is 25.4 Å². The van der Waals surface area contributed by atoms with Crippen LogP contribution in [0.15, 0.2) is 18.2 Å². The van der Waals surface area contributed by atoms with E-state index in [9.17, 15) is 18.4 Å². The van der Waals surface area contributed by atoms with Crippen molar-refractivity contribution in [2.45, 2.75) is 25.5 Å². The van der Waals surface area contributed by atoms with E-state index in [-0.39, 0.29) is 30.5 Å². The summed E-state index contributed by atoms with van der Waals surface area (Å²) in [5, 5.41) is 2.64. The van der Waals surface area contributed by atoms with E-state index in [0.29, 0.717) is 24.8 Å². The Balaban J connectivity index is 1.77. The maximum Gasteiger partial charge on any atom is 0.387 e. The smallest absolute Gasteiger partial charge is 0.387 e. The van der Waals surface area contributed by atoms with E-state index < -0.39 is 18.6 Å². The van der Waals surface area contributed by atoms with Crippen molar-refractivity contribution in [1.82, 2.24) is 4.90 Å². The zero-order valence-corrected chi connectivity index (χ0v) is 16.3. The topological polar surface area (TPSA) is 97.1 Å². The number of anilines is 2. The van der Waals surface area contributed by atoms with Gasteiger partial charge in [0.15, 0.2) is 5.75 Å². The summed E-state index contributed by atoms with van der Waals surface area (Å²) in [5.41, 5.74) is 6.26. The molecule has 3 N–H and O–H groups in total. The normalized spacial score (nSPS) is 18.3. The Labute approximate surface area is 167 Å². The monoisotopic (exact) mass is 412 g/mol. The number of carbonyl (C=O) groups is 2. The number of nitrogens with two attached hydrogens (primary N) is 1. The number of halogens is 2. The van der Waals surface area contributed by atoms with Crippen LogP contribution in [-0.2, 0) is 14.3 Å². The number of hydrogen-bond donors (Lipinski definition) is 2.